The lowest BCUT2D eigenvalue weighted by atomic mass is 9.99. The van der Waals surface area contributed by atoms with Crippen molar-refractivity contribution in [1.29, 1.82) is 5.26 Å². The van der Waals surface area contributed by atoms with Crippen molar-refractivity contribution in [2.24, 2.45) is 0 Å². The summed E-state index contributed by atoms with van der Waals surface area (Å²) in [5.74, 6) is 0.772. The van der Waals surface area contributed by atoms with Gasteiger partial charge in [-0.1, -0.05) is 31.2 Å². The van der Waals surface area contributed by atoms with Crippen LogP contribution in [-0.4, -0.2) is 34.3 Å². The summed E-state index contributed by atoms with van der Waals surface area (Å²) in [7, 11) is 0. The molecule has 0 aliphatic heterocycles. The second kappa shape index (κ2) is 8.51. The number of benzene rings is 1. The van der Waals surface area contributed by atoms with Gasteiger partial charge in [0.05, 0.1) is 35.0 Å². The highest BCUT2D eigenvalue weighted by Crippen LogP contribution is 2.36. The molecule has 4 aromatic heterocycles. The number of aryl methyl sites for hydroxylation is 1. The predicted molar refractivity (Wildman–Crippen MR) is 124 cm³/mol. The number of hydrogen-bond donors (Lipinski definition) is 1. The van der Waals surface area contributed by atoms with Crippen LogP contribution in [0.15, 0.2) is 60.9 Å². The minimum absolute atomic E-state index is 0.192. The monoisotopic (exact) mass is 435 g/mol. The Bertz CT molecular complexity index is 1480. The van der Waals surface area contributed by atoms with Crippen LogP contribution in [-0.2, 0) is 13.0 Å². The summed E-state index contributed by atoms with van der Waals surface area (Å²) in [6.45, 7) is 2.82. The molecule has 0 fully saturated rings. The second-order valence-corrected chi connectivity index (χ2v) is 7.55. The van der Waals surface area contributed by atoms with Crippen LogP contribution in [0.25, 0.3) is 28.2 Å². The minimum atomic E-state index is 0.192. The summed E-state index contributed by atoms with van der Waals surface area (Å²) < 4.78 is 3.47. The van der Waals surface area contributed by atoms with E-state index in [0.717, 1.165) is 29.9 Å². The lowest BCUT2D eigenvalue weighted by Crippen LogP contribution is -2.09. The van der Waals surface area contributed by atoms with E-state index in [-0.39, 0.29) is 5.95 Å². The highest BCUT2D eigenvalue weighted by molar-refractivity contribution is 5.90. The van der Waals surface area contributed by atoms with Gasteiger partial charge >= 0.3 is 0 Å². The lowest BCUT2D eigenvalue weighted by Gasteiger charge is -2.14. The van der Waals surface area contributed by atoms with Crippen LogP contribution in [0.3, 0.4) is 0 Å². The SMILES string of the molecule is CCCn1nccc1-c1c(-c2ccccc2C#N)nc(N)n2nc(Cc3ccccn3)nc12. The van der Waals surface area contributed by atoms with Gasteiger partial charge < -0.3 is 5.73 Å². The molecule has 1 aromatic carbocycles. The summed E-state index contributed by atoms with van der Waals surface area (Å²) in [4.78, 5) is 13.9. The molecular formula is C24H21N9. The standard InChI is InChI=1S/C24H21N9/c1-2-13-32-19(10-12-28-32)21-22(18-9-4-3-7-16(18)15-25)30-24(26)33-23(21)29-20(31-33)14-17-8-5-6-11-27-17/h3-12H,2,13-14H2,1H3,(H2,26,30). The van der Waals surface area contributed by atoms with E-state index in [1.807, 2.05) is 47.1 Å². The van der Waals surface area contributed by atoms with Gasteiger partial charge in [-0.15, -0.1) is 5.10 Å². The summed E-state index contributed by atoms with van der Waals surface area (Å²) in [5.41, 5.74) is 11.1. The van der Waals surface area contributed by atoms with E-state index in [4.69, 9.17) is 10.7 Å². The minimum Gasteiger partial charge on any atom is -0.368 e. The maximum Gasteiger partial charge on any atom is 0.223 e. The molecule has 5 rings (SSSR count). The summed E-state index contributed by atoms with van der Waals surface area (Å²) >= 11 is 0. The Labute approximate surface area is 190 Å². The number of pyridine rings is 1. The first-order chi connectivity index (χ1) is 16.2. The smallest absolute Gasteiger partial charge is 0.223 e. The largest absolute Gasteiger partial charge is 0.368 e. The van der Waals surface area contributed by atoms with Crippen LogP contribution in [0.5, 0.6) is 0 Å². The first-order valence-corrected chi connectivity index (χ1v) is 10.7. The van der Waals surface area contributed by atoms with Crippen LogP contribution in [0, 0.1) is 11.3 Å². The van der Waals surface area contributed by atoms with E-state index in [9.17, 15) is 5.26 Å². The van der Waals surface area contributed by atoms with Crippen LogP contribution in [0.1, 0.15) is 30.4 Å². The molecule has 162 valence electrons. The number of nitriles is 1. The quantitative estimate of drug-likeness (QED) is 0.433. The highest BCUT2D eigenvalue weighted by atomic mass is 15.4. The molecule has 2 N–H and O–H groups in total. The van der Waals surface area contributed by atoms with Gasteiger partial charge in [0, 0.05) is 30.2 Å². The number of fused-ring (bicyclic) bond motifs is 1. The molecule has 5 aromatic rings. The first-order valence-electron chi connectivity index (χ1n) is 10.7. The maximum absolute atomic E-state index is 9.72. The van der Waals surface area contributed by atoms with Crippen LogP contribution < -0.4 is 5.73 Å². The first kappa shape index (κ1) is 20.3. The van der Waals surface area contributed by atoms with Crippen molar-refractivity contribution in [3.8, 4) is 28.6 Å². The lowest BCUT2D eigenvalue weighted by molar-refractivity contribution is 0.609. The normalized spacial score (nSPS) is 11.0. The molecular weight excluding hydrogens is 414 g/mol. The van der Waals surface area contributed by atoms with Gasteiger partial charge in [-0.3, -0.25) is 9.67 Å². The molecule has 0 aliphatic carbocycles. The second-order valence-electron chi connectivity index (χ2n) is 7.55. The van der Waals surface area contributed by atoms with E-state index in [1.54, 1.807) is 23.0 Å². The number of nitrogen functional groups attached to an aromatic ring is 1. The fourth-order valence-corrected chi connectivity index (χ4v) is 3.89. The molecule has 0 aliphatic rings. The molecule has 0 saturated carbocycles. The Morgan fingerprint density at radius 2 is 1.88 bits per heavy atom. The van der Waals surface area contributed by atoms with Gasteiger partial charge in [0.15, 0.2) is 11.5 Å². The molecule has 0 amide bonds. The van der Waals surface area contributed by atoms with Crippen LogP contribution in [0.4, 0.5) is 5.95 Å². The molecule has 0 unspecified atom stereocenters. The van der Waals surface area contributed by atoms with Crippen molar-refractivity contribution in [2.45, 2.75) is 26.3 Å². The van der Waals surface area contributed by atoms with Crippen molar-refractivity contribution in [1.82, 2.24) is 34.3 Å². The molecule has 0 atom stereocenters. The van der Waals surface area contributed by atoms with E-state index >= 15 is 0 Å². The van der Waals surface area contributed by atoms with Crippen LogP contribution >= 0.6 is 0 Å². The van der Waals surface area contributed by atoms with Crippen molar-refractivity contribution < 1.29 is 0 Å². The Morgan fingerprint density at radius 3 is 2.67 bits per heavy atom. The van der Waals surface area contributed by atoms with Gasteiger partial charge in [0.1, 0.15) is 0 Å². The zero-order valence-corrected chi connectivity index (χ0v) is 18.0. The molecule has 0 radical (unpaired) electrons. The Morgan fingerprint density at radius 1 is 1.03 bits per heavy atom. The molecule has 9 heteroatoms. The van der Waals surface area contributed by atoms with Gasteiger partial charge in [0.2, 0.25) is 5.95 Å². The number of nitrogens with zero attached hydrogens (tertiary/aromatic N) is 8. The van der Waals surface area contributed by atoms with Crippen molar-refractivity contribution >= 4 is 11.6 Å². The fourth-order valence-electron chi connectivity index (χ4n) is 3.89. The average molecular weight is 435 g/mol. The number of aromatic nitrogens is 7. The Balaban J connectivity index is 1.79. The van der Waals surface area contributed by atoms with E-state index < -0.39 is 0 Å². The Hall–Kier alpha value is -4.58. The molecule has 33 heavy (non-hydrogen) atoms. The highest BCUT2D eigenvalue weighted by Gasteiger charge is 2.23. The fraction of sp³-hybridized carbons (Fsp3) is 0.167. The third-order valence-electron chi connectivity index (χ3n) is 5.33. The summed E-state index contributed by atoms with van der Waals surface area (Å²) in [6.07, 6.45) is 4.87. The van der Waals surface area contributed by atoms with Gasteiger partial charge in [-0.2, -0.15) is 14.9 Å². The van der Waals surface area contributed by atoms with Gasteiger partial charge in [-0.05, 0) is 30.7 Å². The molecule has 0 spiro atoms. The molecule has 9 nitrogen and oxygen atoms in total. The van der Waals surface area contributed by atoms with Crippen molar-refractivity contribution in [2.75, 3.05) is 5.73 Å². The predicted octanol–water partition coefficient (Wildman–Crippen LogP) is 3.50. The number of rotatable bonds is 6. The van der Waals surface area contributed by atoms with E-state index in [1.165, 1.54) is 0 Å². The van der Waals surface area contributed by atoms with E-state index in [2.05, 4.69) is 33.2 Å². The topological polar surface area (TPSA) is 124 Å². The number of nitrogens with two attached hydrogens (primary N) is 1. The summed E-state index contributed by atoms with van der Waals surface area (Å²) in [6, 6.07) is 17.2. The van der Waals surface area contributed by atoms with Crippen LogP contribution in [0.2, 0.25) is 0 Å². The molecule has 0 bridgehead atoms. The van der Waals surface area contributed by atoms with Crippen molar-refractivity contribution in [3.05, 3.63) is 78.0 Å². The van der Waals surface area contributed by atoms with Crippen molar-refractivity contribution in [3.63, 3.8) is 0 Å². The summed E-state index contributed by atoms with van der Waals surface area (Å²) in [5, 5.41) is 18.8. The van der Waals surface area contributed by atoms with Gasteiger partial charge in [-0.25, -0.2) is 9.97 Å². The van der Waals surface area contributed by atoms with E-state index in [0.29, 0.717) is 34.7 Å². The maximum atomic E-state index is 9.72. The molecule has 4 heterocycles. The zero-order chi connectivity index (χ0) is 22.8. The number of hydrogen-bond acceptors (Lipinski definition) is 7. The zero-order valence-electron chi connectivity index (χ0n) is 18.0. The average Bonchev–Trinajstić information content (AvgIpc) is 3.47. The molecule has 0 saturated heterocycles. The third kappa shape index (κ3) is 3.68. The third-order valence-corrected chi connectivity index (χ3v) is 5.33. The Kier molecular flexibility index (Phi) is 5.24. The van der Waals surface area contributed by atoms with Gasteiger partial charge in [0.25, 0.3) is 0 Å². The number of anilines is 1.